The summed E-state index contributed by atoms with van der Waals surface area (Å²) < 4.78 is 9.34. The van der Waals surface area contributed by atoms with Crippen LogP contribution in [0, 0.1) is 5.92 Å². The average molecular weight is 451 g/mol. The summed E-state index contributed by atoms with van der Waals surface area (Å²) >= 11 is 1.54. The average Bonchev–Trinajstić information content (AvgIpc) is 3.46. The molecule has 4 aromatic rings. The van der Waals surface area contributed by atoms with E-state index in [9.17, 15) is 4.79 Å². The van der Waals surface area contributed by atoms with Crippen LogP contribution in [0.25, 0.3) is 10.9 Å². The monoisotopic (exact) mass is 450 g/mol. The summed E-state index contributed by atoms with van der Waals surface area (Å²) in [6, 6.07) is 11.3. The van der Waals surface area contributed by atoms with E-state index in [1.54, 1.807) is 17.9 Å². The van der Waals surface area contributed by atoms with Gasteiger partial charge in [-0.1, -0.05) is 30.8 Å². The molecule has 32 heavy (non-hydrogen) atoms. The quantitative estimate of drug-likeness (QED) is 0.414. The number of hydrogen-bond donors (Lipinski definition) is 0. The number of aromatic nitrogens is 5. The molecule has 1 aliphatic rings. The van der Waals surface area contributed by atoms with E-state index < -0.39 is 0 Å². The molecule has 4 heterocycles. The molecule has 1 saturated heterocycles. The predicted molar refractivity (Wildman–Crippen MR) is 125 cm³/mol. The Kier molecular flexibility index (Phi) is 5.73. The van der Waals surface area contributed by atoms with Gasteiger partial charge in [0.1, 0.15) is 11.6 Å². The standard InChI is InChI=1S/C23H26N6O2S/c1-16-9-11-28(12-10-16)22-25-26-23(29(22)14-17-6-5-13-31-17)32-15-20-24-19-8-4-3-7-18(19)21(30)27(20)2/h3-8,13,16H,9-12,14-15H2,1-2H3. The highest BCUT2D eigenvalue weighted by atomic mass is 32.2. The van der Waals surface area contributed by atoms with Gasteiger partial charge in [0.2, 0.25) is 5.95 Å². The minimum absolute atomic E-state index is 0.0358. The molecule has 1 aliphatic heterocycles. The molecule has 0 amide bonds. The van der Waals surface area contributed by atoms with Gasteiger partial charge in [0, 0.05) is 20.1 Å². The van der Waals surface area contributed by atoms with E-state index in [1.807, 2.05) is 36.4 Å². The second-order valence-corrected chi connectivity index (χ2v) is 9.26. The molecule has 0 bridgehead atoms. The highest BCUT2D eigenvalue weighted by molar-refractivity contribution is 7.98. The lowest BCUT2D eigenvalue weighted by molar-refractivity contribution is 0.427. The van der Waals surface area contributed by atoms with E-state index in [2.05, 4.69) is 26.6 Å². The summed E-state index contributed by atoms with van der Waals surface area (Å²) in [5.74, 6) is 3.69. The Bertz CT molecular complexity index is 1270. The molecule has 0 N–H and O–H groups in total. The minimum Gasteiger partial charge on any atom is -0.467 e. The Morgan fingerprint density at radius 3 is 2.72 bits per heavy atom. The lowest BCUT2D eigenvalue weighted by atomic mass is 10.00. The van der Waals surface area contributed by atoms with E-state index in [1.165, 1.54) is 11.8 Å². The van der Waals surface area contributed by atoms with E-state index in [0.717, 1.165) is 48.7 Å². The number of para-hydroxylation sites is 1. The Hall–Kier alpha value is -3.07. The number of anilines is 1. The number of furan rings is 1. The maximum Gasteiger partial charge on any atom is 0.261 e. The second kappa shape index (κ2) is 8.82. The molecule has 0 unspecified atom stereocenters. The maximum absolute atomic E-state index is 12.7. The molecule has 0 radical (unpaired) electrons. The number of rotatable bonds is 6. The number of thioether (sulfide) groups is 1. The van der Waals surface area contributed by atoms with Crippen molar-refractivity contribution in [3.8, 4) is 0 Å². The summed E-state index contributed by atoms with van der Waals surface area (Å²) in [4.78, 5) is 19.8. The first-order valence-corrected chi connectivity index (χ1v) is 11.9. The zero-order valence-corrected chi connectivity index (χ0v) is 19.1. The number of piperidine rings is 1. The molecule has 1 fully saturated rings. The fraction of sp³-hybridized carbons (Fsp3) is 0.391. The van der Waals surface area contributed by atoms with Crippen LogP contribution in [0.1, 0.15) is 31.4 Å². The first-order chi connectivity index (χ1) is 15.6. The summed E-state index contributed by atoms with van der Waals surface area (Å²) in [5.41, 5.74) is 0.678. The number of nitrogens with zero attached hydrogens (tertiary/aromatic N) is 6. The SMILES string of the molecule is CC1CCN(c2nnc(SCc3nc4ccccc4c(=O)n3C)n2Cc2ccco2)CC1. The molecule has 0 spiro atoms. The third-order valence-electron chi connectivity index (χ3n) is 6.06. The van der Waals surface area contributed by atoms with Crippen molar-refractivity contribution in [3.05, 3.63) is 64.6 Å². The van der Waals surface area contributed by atoms with Crippen molar-refractivity contribution < 1.29 is 4.42 Å². The third kappa shape index (κ3) is 4.04. The molecule has 0 saturated carbocycles. The van der Waals surface area contributed by atoms with E-state index >= 15 is 0 Å². The van der Waals surface area contributed by atoms with Crippen LogP contribution in [-0.4, -0.2) is 37.4 Å². The van der Waals surface area contributed by atoms with Crippen molar-refractivity contribution in [1.82, 2.24) is 24.3 Å². The molecule has 166 valence electrons. The molecular formula is C23H26N6O2S. The fourth-order valence-corrected chi connectivity index (χ4v) is 4.97. The maximum atomic E-state index is 12.7. The zero-order chi connectivity index (χ0) is 22.1. The van der Waals surface area contributed by atoms with Gasteiger partial charge in [-0.3, -0.25) is 13.9 Å². The van der Waals surface area contributed by atoms with Crippen molar-refractivity contribution >= 4 is 28.6 Å². The second-order valence-electron chi connectivity index (χ2n) is 8.32. The molecular weight excluding hydrogens is 424 g/mol. The molecule has 3 aromatic heterocycles. The van der Waals surface area contributed by atoms with Crippen molar-refractivity contribution in [2.24, 2.45) is 13.0 Å². The van der Waals surface area contributed by atoms with Gasteiger partial charge >= 0.3 is 0 Å². The van der Waals surface area contributed by atoms with Gasteiger partial charge in [0.15, 0.2) is 5.16 Å². The van der Waals surface area contributed by atoms with Crippen LogP contribution in [0.3, 0.4) is 0 Å². The third-order valence-corrected chi connectivity index (χ3v) is 7.03. The molecule has 5 rings (SSSR count). The van der Waals surface area contributed by atoms with Crippen LogP contribution in [-0.2, 0) is 19.3 Å². The smallest absolute Gasteiger partial charge is 0.261 e. The predicted octanol–water partition coefficient (Wildman–Crippen LogP) is 3.69. The largest absolute Gasteiger partial charge is 0.467 e. The fourth-order valence-electron chi connectivity index (χ4n) is 4.05. The van der Waals surface area contributed by atoms with Crippen molar-refractivity contribution in [1.29, 1.82) is 0 Å². The van der Waals surface area contributed by atoms with Crippen LogP contribution in [0.2, 0.25) is 0 Å². The van der Waals surface area contributed by atoms with Gasteiger partial charge in [-0.25, -0.2) is 4.98 Å². The van der Waals surface area contributed by atoms with Gasteiger partial charge in [0.25, 0.3) is 5.56 Å². The van der Waals surface area contributed by atoms with Crippen LogP contribution in [0.15, 0.2) is 57.0 Å². The number of benzene rings is 1. The van der Waals surface area contributed by atoms with Gasteiger partial charge in [0.05, 0.1) is 29.5 Å². The Morgan fingerprint density at radius 2 is 1.94 bits per heavy atom. The minimum atomic E-state index is -0.0358. The molecule has 1 aromatic carbocycles. The van der Waals surface area contributed by atoms with Gasteiger partial charge in [-0.2, -0.15) is 0 Å². The number of fused-ring (bicyclic) bond motifs is 1. The normalized spacial score (nSPS) is 15.0. The lowest BCUT2D eigenvalue weighted by Crippen LogP contribution is -2.35. The number of hydrogen-bond acceptors (Lipinski definition) is 7. The van der Waals surface area contributed by atoms with Crippen LogP contribution in [0.5, 0.6) is 0 Å². The van der Waals surface area contributed by atoms with E-state index in [0.29, 0.717) is 29.0 Å². The topological polar surface area (TPSA) is 82.0 Å². The van der Waals surface area contributed by atoms with Crippen LogP contribution >= 0.6 is 11.8 Å². The van der Waals surface area contributed by atoms with Crippen molar-refractivity contribution in [3.63, 3.8) is 0 Å². The van der Waals surface area contributed by atoms with Crippen molar-refractivity contribution in [2.75, 3.05) is 18.0 Å². The van der Waals surface area contributed by atoms with Gasteiger partial charge in [-0.15, -0.1) is 10.2 Å². The zero-order valence-electron chi connectivity index (χ0n) is 18.3. The van der Waals surface area contributed by atoms with Crippen molar-refractivity contribution in [2.45, 2.75) is 37.2 Å². The van der Waals surface area contributed by atoms with Gasteiger partial charge < -0.3 is 9.32 Å². The molecule has 0 atom stereocenters. The Balaban J connectivity index is 1.44. The Labute approximate surface area is 190 Å². The molecule has 8 nitrogen and oxygen atoms in total. The van der Waals surface area contributed by atoms with E-state index in [4.69, 9.17) is 9.40 Å². The summed E-state index contributed by atoms with van der Waals surface area (Å²) in [5, 5.41) is 10.5. The highest BCUT2D eigenvalue weighted by Crippen LogP contribution is 2.28. The lowest BCUT2D eigenvalue weighted by Gasteiger charge is -2.31. The molecule has 9 heteroatoms. The summed E-state index contributed by atoms with van der Waals surface area (Å²) in [7, 11) is 1.77. The van der Waals surface area contributed by atoms with Gasteiger partial charge in [-0.05, 0) is 43.0 Å². The van der Waals surface area contributed by atoms with Crippen LogP contribution in [0.4, 0.5) is 5.95 Å². The summed E-state index contributed by atoms with van der Waals surface area (Å²) in [6.07, 6.45) is 3.99. The summed E-state index contributed by atoms with van der Waals surface area (Å²) in [6.45, 7) is 4.81. The first-order valence-electron chi connectivity index (χ1n) is 10.9. The van der Waals surface area contributed by atoms with Crippen LogP contribution < -0.4 is 10.5 Å². The van der Waals surface area contributed by atoms with E-state index in [-0.39, 0.29) is 5.56 Å². The molecule has 0 aliphatic carbocycles. The Morgan fingerprint density at radius 1 is 1.12 bits per heavy atom. The first kappa shape index (κ1) is 20.8. The highest BCUT2D eigenvalue weighted by Gasteiger charge is 2.23.